The Morgan fingerprint density at radius 2 is 1.59 bits per heavy atom. The normalized spacial score (nSPS) is 10.2. The lowest BCUT2D eigenvalue weighted by Gasteiger charge is -2.04. The summed E-state index contributed by atoms with van der Waals surface area (Å²) >= 11 is 6.74. The SMILES string of the molecule is O=[N+]([O-])c1ccccc1-c1cc(Br)cc(Br)c1. The first-order valence-corrected chi connectivity index (χ1v) is 6.36. The summed E-state index contributed by atoms with van der Waals surface area (Å²) in [6.07, 6.45) is 0. The molecule has 0 aliphatic heterocycles. The van der Waals surface area contributed by atoms with E-state index in [4.69, 9.17) is 0 Å². The molecule has 0 bridgehead atoms. The molecule has 0 spiro atoms. The van der Waals surface area contributed by atoms with Gasteiger partial charge in [-0.25, -0.2) is 0 Å². The van der Waals surface area contributed by atoms with E-state index in [2.05, 4.69) is 31.9 Å². The molecule has 2 aromatic rings. The minimum absolute atomic E-state index is 0.109. The molecule has 0 saturated heterocycles. The van der Waals surface area contributed by atoms with Crippen molar-refractivity contribution in [1.82, 2.24) is 0 Å². The van der Waals surface area contributed by atoms with Crippen LogP contribution in [0, 0.1) is 10.1 Å². The molecule has 0 unspecified atom stereocenters. The van der Waals surface area contributed by atoms with Crippen LogP contribution in [-0.4, -0.2) is 4.92 Å². The van der Waals surface area contributed by atoms with E-state index in [0.29, 0.717) is 5.56 Å². The molecule has 0 radical (unpaired) electrons. The van der Waals surface area contributed by atoms with Gasteiger partial charge in [0.1, 0.15) is 0 Å². The van der Waals surface area contributed by atoms with E-state index in [1.165, 1.54) is 6.07 Å². The zero-order chi connectivity index (χ0) is 12.4. The lowest BCUT2D eigenvalue weighted by Crippen LogP contribution is -1.91. The lowest BCUT2D eigenvalue weighted by molar-refractivity contribution is -0.384. The number of nitrogens with zero attached hydrogens (tertiary/aromatic N) is 1. The van der Waals surface area contributed by atoms with Gasteiger partial charge in [-0.15, -0.1) is 0 Å². The fourth-order valence-corrected chi connectivity index (χ4v) is 2.88. The molecule has 17 heavy (non-hydrogen) atoms. The minimum Gasteiger partial charge on any atom is -0.258 e. The highest BCUT2D eigenvalue weighted by molar-refractivity contribution is 9.11. The fraction of sp³-hybridized carbons (Fsp3) is 0. The molecule has 0 N–H and O–H groups in total. The Labute approximate surface area is 115 Å². The molecular weight excluding hydrogens is 350 g/mol. The molecule has 0 saturated carbocycles. The Balaban J connectivity index is 2.64. The third kappa shape index (κ3) is 2.73. The van der Waals surface area contributed by atoms with Crippen molar-refractivity contribution in [3.05, 3.63) is 61.5 Å². The Morgan fingerprint density at radius 3 is 2.18 bits per heavy atom. The van der Waals surface area contributed by atoms with Crippen molar-refractivity contribution >= 4 is 37.5 Å². The summed E-state index contributed by atoms with van der Waals surface area (Å²) < 4.78 is 1.75. The van der Waals surface area contributed by atoms with Gasteiger partial charge in [-0.2, -0.15) is 0 Å². The second-order valence-electron chi connectivity index (χ2n) is 3.43. The van der Waals surface area contributed by atoms with Crippen LogP contribution >= 0.6 is 31.9 Å². The van der Waals surface area contributed by atoms with Crippen LogP contribution < -0.4 is 0 Å². The first-order valence-electron chi connectivity index (χ1n) is 4.78. The van der Waals surface area contributed by atoms with Crippen LogP contribution in [-0.2, 0) is 0 Å². The van der Waals surface area contributed by atoms with Gasteiger partial charge in [-0.1, -0.05) is 44.0 Å². The van der Waals surface area contributed by atoms with E-state index in [9.17, 15) is 10.1 Å². The van der Waals surface area contributed by atoms with Gasteiger partial charge in [-0.05, 0) is 29.8 Å². The van der Waals surface area contributed by atoms with Gasteiger partial charge in [0.15, 0.2) is 0 Å². The second kappa shape index (κ2) is 4.98. The van der Waals surface area contributed by atoms with E-state index in [-0.39, 0.29) is 10.6 Å². The predicted octanol–water partition coefficient (Wildman–Crippen LogP) is 4.79. The van der Waals surface area contributed by atoms with E-state index in [1.54, 1.807) is 18.2 Å². The lowest BCUT2D eigenvalue weighted by atomic mass is 10.0. The number of rotatable bonds is 2. The van der Waals surface area contributed by atoms with Gasteiger partial charge in [0.05, 0.1) is 10.5 Å². The quantitative estimate of drug-likeness (QED) is 0.573. The first-order chi connectivity index (χ1) is 8.08. The average Bonchev–Trinajstić information content (AvgIpc) is 2.27. The van der Waals surface area contributed by atoms with Crippen molar-refractivity contribution in [2.45, 2.75) is 0 Å². The van der Waals surface area contributed by atoms with Crippen molar-refractivity contribution < 1.29 is 4.92 Å². The molecule has 0 aromatic heterocycles. The number of nitro groups is 1. The number of para-hydroxylation sites is 1. The molecule has 2 rings (SSSR count). The highest BCUT2D eigenvalue weighted by atomic mass is 79.9. The molecule has 86 valence electrons. The maximum absolute atomic E-state index is 10.9. The minimum atomic E-state index is -0.371. The summed E-state index contributed by atoms with van der Waals surface area (Å²) in [5, 5.41) is 10.9. The van der Waals surface area contributed by atoms with Gasteiger partial charge >= 0.3 is 0 Å². The van der Waals surface area contributed by atoms with Crippen LogP contribution in [0.2, 0.25) is 0 Å². The Morgan fingerprint density at radius 1 is 1.00 bits per heavy atom. The first kappa shape index (κ1) is 12.3. The summed E-state index contributed by atoms with van der Waals surface area (Å²) in [7, 11) is 0. The van der Waals surface area contributed by atoms with Gasteiger partial charge in [0.2, 0.25) is 0 Å². The number of hydrogen-bond donors (Lipinski definition) is 0. The molecule has 3 nitrogen and oxygen atoms in total. The monoisotopic (exact) mass is 355 g/mol. The summed E-state index contributed by atoms with van der Waals surface area (Å²) in [6, 6.07) is 12.3. The van der Waals surface area contributed by atoms with Crippen LogP contribution in [0.25, 0.3) is 11.1 Å². The zero-order valence-electron chi connectivity index (χ0n) is 8.56. The molecule has 0 aliphatic rings. The molecule has 2 aromatic carbocycles. The number of halogens is 2. The average molecular weight is 357 g/mol. The van der Waals surface area contributed by atoms with E-state index in [0.717, 1.165) is 14.5 Å². The maximum Gasteiger partial charge on any atom is 0.277 e. The highest BCUT2D eigenvalue weighted by Gasteiger charge is 2.14. The number of hydrogen-bond acceptors (Lipinski definition) is 2. The third-order valence-electron chi connectivity index (χ3n) is 2.27. The largest absolute Gasteiger partial charge is 0.277 e. The van der Waals surface area contributed by atoms with Crippen molar-refractivity contribution in [1.29, 1.82) is 0 Å². The van der Waals surface area contributed by atoms with Gasteiger partial charge in [0, 0.05) is 15.0 Å². The van der Waals surface area contributed by atoms with Crippen LogP contribution in [0.15, 0.2) is 51.4 Å². The standard InChI is InChI=1S/C12H7Br2NO2/c13-9-5-8(6-10(14)7-9)11-3-1-2-4-12(11)15(16)17/h1-7H. The number of benzene rings is 2. The van der Waals surface area contributed by atoms with Crippen molar-refractivity contribution in [3.63, 3.8) is 0 Å². The number of nitro benzene ring substituents is 1. The molecule has 0 amide bonds. The topological polar surface area (TPSA) is 43.1 Å². The smallest absolute Gasteiger partial charge is 0.258 e. The molecular formula is C12H7Br2NO2. The zero-order valence-corrected chi connectivity index (χ0v) is 11.7. The Hall–Kier alpha value is -1.20. The second-order valence-corrected chi connectivity index (χ2v) is 5.26. The van der Waals surface area contributed by atoms with E-state index >= 15 is 0 Å². The molecule has 0 aliphatic carbocycles. The van der Waals surface area contributed by atoms with Gasteiger partial charge in [-0.3, -0.25) is 10.1 Å². The Kier molecular flexibility index (Phi) is 3.59. The van der Waals surface area contributed by atoms with Crippen LogP contribution in [0.5, 0.6) is 0 Å². The summed E-state index contributed by atoms with van der Waals surface area (Å²) in [6.45, 7) is 0. The van der Waals surface area contributed by atoms with Gasteiger partial charge in [0.25, 0.3) is 5.69 Å². The van der Waals surface area contributed by atoms with Crippen molar-refractivity contribution in [2.24, 2.45) is 0 Å². The Bertz CT molecular complexity index is 564. The molecule has 0 fully saturated rings. The molecule has 0 heterocycles. The van der Waals surface area contributed by atoms with Crippen LogP contribution in [0.4, 0.5) is 5.69 Å². The van der Waals surface area contributed by atoms with E-state index in [1.807, 2.05) is 18.2 Å². The van der Waals surface area contributed by atoms with E-state index < -0.39 is 0 Å². The van der Waals surface area contributed by atoms with Gasteiger partial charge < -0.3 is 0 Å². The summed E-state index contributed by atoms with van der Waals surface area (Å²) in [5.41, 5.74) is 1.52. The summed E-state index contributed by atoms with van der Waals surface area (Å²) in [4.78, 5) is 10.6. The third-order valence-corrected chi connectivity index (χ3v) is 3.19. The predicted molar refractivity (Wildman–Crippen MR) is 73.9 cm³/mol. The highest BCUT2D eigenvalue weighted by Crippen LogP contribution is 2.33. The maximum atomic E-state index is 10.9. The van der Waals surface area contributed by atoms with Crippen molar-refractivity contribution in [2.75, 3.05) is 0 Å². The molecule has 0 atom stereocenters. The molecule has 5 heteroatoms. The van der Waals surface area contributed by atoms with Crippen molar-refractivity contribution in [3.8, 4) is 11.1 Å². The van der Waals surface area contributed by atoms with Crippen LogP contribution in [0.3, 0.4) is 0 Å². The summed E-state index contributed by atoms with van der Waals surface area (Å²) in [5.74, 6) is 0. The fourth-order valence-electron chi connectivity index (χ4n) is 1.59. The van der Waals surface area contributed by atoms with Crippen LogP contribution in [0.1, 0.15) is 0 Å².